The van der Waals surface area contributed by atoms with Gasteiger partial charge in [-0.1, -0.05) is 54.0 Å². The molecule has 0 unspecified atom stereocenters. The van der Waals surface area contributed by atoms with Gasteiger partial charge in [-0.05, 0) is 56.3 Å². The van der Waals surface area contributed by atoms with E-state index in [0.717, 1.165) is 0 Å². The smallest absolute Gasteiger partial charge is 0.408 e. The summed E-state index contributed by atoms with van der Waals surface area (Å²) in [5.41, 5.74) is -1.56. The van der Waals surface area contributed by atoms with Crippen molar-refractivity contribution < 1.29 is 28.7 Å². The molecule has 1 aliphatic heterocycles. The van der Waals surface area contributed by atoms with E-state index in [1.165, 1.54) is 4.90 Å². The van der Waals surface area contributed by atoms with Gasteiger partial charge in [0.2, 0.25) is 17.6 Å². The molecule has 1 heterocycles. The van der Waals surface area contributed by atoms with Gasteiger partial charge in [-0.25, -0.2) is 4.79 Å². The number of likely N-dealkylation sites (tertiary alicyclic amines) is 1. The minimum absolute atomic E-state index is 0.0950. The van der Waals surface area contributed by atoms with Gasteiger partial charge in [0, 0.05) is 13.1 Å². The fourth-order valence-corrected chi connectivity index (χ4v) is 5.40. The average molecular weight is 549 g/mol. The molecule has 220 valence electrons. The van der Waals surface area contributed by atoms with Crippen LogP contribution in [0.25, 0.3) is 0 Å². The van der Waals surface area contributed by atoms with Crippen LogP contribution in [0.5, 0.6) is 0 Å². The zero-order valence-corrected chi connectivity index (χ0v) is 25.1. The molecule has 0 spiro atoms. The van der Waals surface area contributed by atoms with Gasteiger partial charge in [0.25, 0.3) is 5.91 Å². The van der Waals surface area contributed by atoms with E-state index in [1.807, 2.05) is 27.7 Å². The average Bonchev–Trinajstić information content (AvgIpc) is 3.14. The molecule has 10 nitrogen and oxygen atoms in total. The Morgan fingerprint density at radius 2 is 1.69 bits per heavy atom. The number of alkyl carbamates (subject to hydrolysis) is 1. The highest BCUT2D eigenvalue weighted by atomic mass is 16.6. The van der Waals surface area contributed by atoms with Crippen LogP contribution < -0.4 is 16.0 Å². The first-order valence-electron chi connectivity index (χ1n) is 13.9. The molecule has 1 aliphatic carbocycles. The molecule has 39 heavy (non-hydrogen) atoms. The molecule has 0 bridgehead atoms. The topological polar surface area (TPSA) is 134 Å². The number of hydrogen-bond acceptors (Lipinski definition) is 6. The fourth-order valence-electron chi connectivity index (χ4n) is 5.40. The number of carbonyl (C=O) groups excluding carboxylic acids is 5. The van der Waals surface area contributed by atoms with Crippen LogP contribution in [0.1, 0.15) is 81.6 Å². The first-order valence-corrected chi connectivity index (χ1v) is 13.9. The second kappa shape index (κ2) is 12.1. The highest BCUT2D eigenvalue weighted by molar-refractivity contribution is 6.38. The molecule has 0 aromatic rings. The minimum Gasteiger partial charge on any atom is -0.444 e. The van der Waals surface area contributed by atoms with E-state index in [1.54, 1.807) is 26.8 Å². The number of piperidine rings is 1. The van der Waals surface area contributed by atoms with E-state index in [4.69, 9.17) is 4.74 Å². The summed E-state index contributed by atoms with van der Waals surface area (Å²) in [5, 5.41) is 8.07. The number of hydrogen-bond donors (Lipinski definition) is 3. The molecule has 2 rings (SSSR count). The summed E-state index contributed by atoms with van der Waals surface area (Å²) >= 11 is 0. The third-order valence-corrected chi connectivity index (χ3v) is 7.60. The second-order valence-corrected chi connectivity index (χ2v) is 13.4. The zero-order chi connectivity index (χ0) is 29.9. The van der Waals surface area contributed by atoms with Gasteiger partial charge >= 0.3 is 6.09 Å². The van der Waals surface area contributed by atoms with E-state index >= 15 is 0 Å². The van der Waals surface area contributed by atoms with Crippen molar-refractivity contribution in [1.29, 1.82) is 0 Å². The maximum absolute atomic E-state index is 13.9. The lowest BCUT2D eigenvalue weighted by Gasteiger charge is -2.38. The van der Waals surface area contributed by atoms with Crippen molar-refractivity contribution in [2.45, 2.75) is 105 Å². The first-order chi connectivity index (χ1) is 17.9. The van der Waals surface area contributed by atoms with Crippen molar-refractivity contribution in [3.63, 3.8) is 0 Å². The van der Waals surface area contributed by atoms with Crippen LogP contribution in [0.2, 0.25) is 0 Å². The highest BCUT2D eigenvalue weighted by Gasteiger charge is 2.69. The molecule has 3 N–H and O–H groups in total. The lowest BCUT2D eigenvalue weighted by Crippen LogP contribution is -2.60. The van der Waals surface area contributed by atoms with Crippen LogP contribution in [0, 0.1) is 22.7 Å². The van der Waals surface area contributed by atoms with Crippen molar-refractivity contribution in [3.05, 3.63) is 12.7 Å². The Kier molecular flexibility index (Phi) is 10.0. The summed E-state index contributed by atoms with van der Waals surface area (Å²) in [4.78, 5) is 67.1. The van der Waals surface area contributed by atoms with E-state index in [9.17, 15) is 24.0 Å². The molecule has 0 radical (unpaired) electrons. The summed E-state index contributed by atoms with van der Waals surface area (Å²) in [7, 11) is 0. The molecule has 2 aliphatic rings. The number of Topliss-reactive ketones (excluding diaryl/α,β-unsaturated/α-hetero) is 1. The Labute approximate surface area is 233 Å². The molecule has 1 saturated carbocycles. The number of rotatable bonds is 11. The minimum atomic E-state index is -0.998. The second-order valence-electron chi connectivity index (χ2n) is 13.4. The van der Waals surface area contributed by atoms with Crippen molar-refractivity contribution in [1.82, 2.24) is 20.9 Å². The Bertz CT molecular complexity index is 977. The van der Waals surface area contributed by atoms with Gasteiger partial charge in [0.15, 0.2) is 0 Å². The van der Waals surface area contributed by atoms with Crippen molar-refractivity contribution in [2.75, 3.05) is 13.1 Å². The van der Waals surface area contributed by atoms with Gasteiger partial charge in [-0.15, -0.1) is 6.58 Å². The molecule has 0 aromatic heterocycles. The maximum atomic E-state index is 13.9. The quantitative estimate of drug-likeness (QED) is 0.207. The molecular formula is C29H48N4O6. The number of fused-ring (bicyclic) bond motifs is 1. The number of ketones is 1. The zero-order valence-electron chi connectivity index (χ0n) is 25.1. The van der Waals surface area contributed by atoms with E-state index in [2.05, 4.69) is 36.4 Å². The standard InChI is InChI=1S/C29H48N4O6/c1-11-13-15-30-24(36)21(34)18(14-12-2)31-23(35)20-19-17(29(19,9)10)16-33(20)25(37)22(27(3,4)5)32-26(38)39-28(6,7)8/h11,17-20,22H,1,12-16H2,2-10H3,(H,30,36)(H,31,35)(H,32,38)/t17-,18-,19-,20-,22+/m0/s1. The number of nitrogens with one attached hydrogen (secondary N) is 3. The highest BCUT2D eigenvalue weighted by Crippen LogP contribution is 2.65. The Hall–Kier alpha value is -2.91. The van der Waals surface area contributed by atoms with Crippen molar-refractivity contribution in [3.8, 4) is 0 Å². The molecule has 1 saturated heterocycles. The summed E-state index contributed by atoms with van der Waals surface area (Å²) in [5.74, 6) is -2.29. The van der Waals surface area contributed by atoms with Crippen LogP contribution >= 0.6 is 0 Å². The van der Waals surface area contributed by atoms with Crippen LogP contribution in [-0.4, -0.2) is 71.3 Å². The summed E-state index contributed by atoms with van der Waals surface area (Å²) in [6, 6.07) is -2.76. The number of ether oxygens (including phenoxy) is 1. The third-order valence-electron chi connectivity index (χ3n) is 7.60. The van der Waals surface area contributed by atoms with Gasteiger partial charge in [-0.2, -0.15) is 0 Å². The van der Waals surface area contributed by atoms with Crippen molar-refractivity contribution >= 4 is 29.6 Å². The SMILES string of the molecule is C=CCCNC(=O)C(=O)[C@H](CCC)NC(=O)[C@@H]1[C@@H]2[C@H](CN1C(=O)[C@@H](NC(=O)OC(C)(C)C)C(C)(C)C)C2(C)C. The molecule has 0 aromatic carbocycles. The fraction of sp³-hybridized carbons (Fsp3) is 0.759. The Morgan fingerprint density at radius 3 is 2.21 bits per heavy atom. The van der Waals surface area contributed by atoms with E-state index < -0.39 is 52.8 Å². The predicted octanol–water partition coefficient (Wildman–Crippen LogP) is 2.96. The van der Waals surface area contributed by atoms with Crippen LogP contribution in [-0.2, 0) is 23.9 Å². The Morgan fingerprint density at radius 1 is 1.08 bits per heavy atom. The first kappa shape index (κ1) is 32.3. The molecule has 10 heteroatoms. The van der Waals surface area contributed by atoms with Gasteiger partial charge in [0.1, 0.15) is 17.7 Å². The lowest BCUT2D eigenvalue weighted by molar-refractivity contribution is -0.145. The van der Waals surface area contributed by atoms with Gasteiger partial charge in [-0.3, -0.25) is 19.2 Å². The lowest BCUT2D eigenvalue weighted by atomic mass is 9.85. The summed E-state index contributed by atoms with van der Waals surface area (Å²) in [6.45, 7) is 21.0. The van der Waals surface area contributed by atoms with E-state index in [0.29, 0.717) is 25.8 Å². The summed E-state index contributed by atoms with van der Waals surface area (Å²) < 4.78 is 5.40. The predicted molar refractivity (Wildman–Crippen MR) is 149 cm³/mol. The Balaban J connectivity index is 2.28. The normalized spacial score (nSPS) is 23.1. The number of nitrogens with zero attached hydrogens (tertiary/aromatic N) is 1. The molecular weight excluding hydrogens is 500 g/mol. The number of carbonyl (C=O) groups is 5. The van der Waals surface area contributed by atoms with Crippen LogP contribution in [0.15, 0.2) is 12.7 Å². The third kappa shape index (κ3) is 7.82. The summed E-state index contributed by atoms with van der Waals surface area (Å²) in [6.07, 6.45) is 2.32. The maximum Gasteiger partial charge on any atom is 0.408 e. The van der Waals surface area contributed by atoms with Crippen molar-refractivity contribution in [2.24, 2.45) is 22.7 Å². The molecule has 2 fully saturated rings. The molecule has 5 atom stereocenters. The molecule has 4 amide bonds. The number of amides is 4. The van der Waals surface area contributed by atoms with Gasteiger partial charge < -0.3 is 25.6 Å². The largest absolute Gasteiger partial charge is 0.444 e. The monoisotopic (exact) mass is 548 g/mol. The van der Waals surface area contributed by atoms with Gasteiger partial charge in [0.05, 0.1) is 6.04 Å². The van der Waals surface area contributed by atoms with E-state index in [-0.39, 0.29) is 29.7 Å². The van der Waals surface area contributed by atoms with Crippen LogP contribution in [0.3, 0.4) is 0 Å². The van der Waals surface area contributed by atoms with Crippen LogP contribution in [0.4, 0.5) is 4.79 Å².